The van der Waals surface area contributed by atoms with E-state index < -0.39 is 17.9 Å². The Kier molecular flexibility index (Phi) is 5.18. The number of carboxylic acid groups (broad SMARTS) is 1. The lowest BCUT2D eigenvalue weighted by Gasteiger charge is -2.17. The number of hydrogen-bond donors (Lipinski definition) is 2. The van der Waals surface area contributed by atoms with Gasteiger partial charge in [0, 0.05) is 7.11 Å². The van der Waals surface area contributed by atoms with E-state index in [1.165, 1.54) is 13.2 Å². The molecule has 1 atom stereocenters. The average Bonchev–Trinajstić information content (AvgIpc) is 2.97. The van der Waals surface area contributed by atoms with Gasteiger partial charge < -0.3 is 19.6 Å². The number of carbonyl (C=O) groups is 2. The van der Waals surface area contributed by atoms with Crippen molar-refractivity contribution >= 4 is 11.9 Å². The summed E-state index contributed by atoms with van der Waals surface area (Å²) in [6.07, 6.45) is 0. The zero-order chi connectivity index (χ0) is 17.0. The van der Waals surface area contributed by atoms with Gasteiger partial charge in [-0.15, -0.1) is 0 Å². The van der Waals surface area contributed by atoms with Gasteiger partial charge in [0.25, 0.3) is 5.91 Å². The van der Waals surface area contributed by atoms with E-state index in [1.807, 2.05) is 19.9 Å². The molecule has 0 fully saturated rings. The summed E-state index contributed by atoms with van der Waals surface area (Å²) in [6, 6.07) is 7.32. The van der Waals surface area contributed by atoms with E-state index in [0.717, 1.165) is 11.1 Å². The van der Waals surface area contributed by atoms with Crippen LogP contribution in [-0.4, -0.2) is 24.1 Å². The van der Waals surface area contributed by atoms with Crippen LogP contribution in [0.5, 0.6) is 0 Å². The summed E-state index contributed by atoms with van der Waals surface area (Å²) in [7, 11) is 1.52. The number of carbonyl (C=O) groups excluding carboxylic acids is 1. The van der Waals surface area contributed by atoms with Crippen molar-refractivity contribution in [2.75, 3.05) is 7.11 Å². The van der Waals surface area contributed by atoms with E-state index in [-0.39, 0.29) is 12.4 Å². The van der Waals surface area contributed by atoms with Crippen LogP contribution in [0.2, 0.25) is 0 Å². The molecule has 0 aliphatic carbocycles. The third-order valence-electron chi connectivity index (χ3n) is 3.65. The zero-order valence-electron chi connectivity index (χ0n) is 13.3. The summed E-state index contributed by atoms with van der Waals surface area (Å²) >= 11 is 0. The van der Waals surface area contributed by atoms with Crippen LogP contribution in [0.15, 0.2) is 34.7 Å². The second-order valence-corrected chi connectivity index (χ2v) is 5.23. The molecular formula is C17H19NO5. The van der Waals surface area contributed by atoms with Gasteiger partial charge in [-0.3, -0.25) is 4.79 Å². The van der Waals surface area contributed by atoms with E-state index in [4.69, 9.17) is 9.15 Å². The number of furan rings is 1. The molecule has 0 bridgehead atoms. The summed E-state index contributed by atoms with van der Waals surface area (Å²) in [4.78, 5) is 23.8. The largest absolute Gasteiger partial charge is 0.479 e. The first-order valence-electron chi connectivity index (χ1n) is 7.11. The Morgan fingerprint density at radius 3 is 2.65 bits per heavy atom. The highest BCUT2D eigenvalue weighted by Crippen LogP contribution is 2.21. The van der Waals surface area contributed by atoms with E-state index in [2.05, 4.69) is 5.32 Å². The normalized spacial score (nSPS) is 12.0. The van der Waals surface area contributed by atoms with Gasteiger partial charge in [-0.25, -0.2) is 4.79 Å². The lowest BCUT2D eigenvalue weighted by molar-refractivity contribution is -0.139. The number of aliphatic carboxylic acids is 1. The molecule has 0 saturated heterocycles. The summed E-state index contributed by atoms with van der Waals surface area (Å²) < 4.78 is 10.2. The molecule has 6 nitrogen and oxygen atoms in total. The van der Waals surface area contributed by atoms with Gasteiger partial charge in [0.2, 0.25) is 0 Å². The number of carboxylic acids is 1. The van der Waals surface area contributed by atoms with Crippen LogP contribution in [0.3, 0.4) is 0 Å². The molecule has 0 spiro atoms. The minimum Gasteiger partial charge on any atom is -0.479 e. The summed E-state index contributed by atoms with van der Waals surface area (Å²) in [6.45, 7) is 3.96. The Labute approximate surface area is 134 Å². The standard InChI is InChI=1S/C17H19NO5/c1-10-5-4-6-13(11(10)2)15(17(20)21)18-16(19)14-8-7-12(23-14)9-22-3/h4-8,15H,9H2,1-3H3,(H,18,19)(H,20,21). The maximum absolute atomic E-state index is 12.2. The number of nitrogens with one attached hydrogen (secondary N) is 1. The number of hydrogen-bond acceptors (Lipinski definition) is 4. The Morgan fingerprint density at radius 1 is 1.26 bits per heavy atom. The monoisotopic (exact) mass is 317 g/mol. The van der Waals surface area contributed by atoms with Crippen molar-refractivity contribution in [3.8, 4) is 0 Å². The maximum atomic E-state index is 12.2. The lowest BCUT2D eigenvalue weighted by atomic mass is 9.97. The third kappa shape index (κ3) is 3.78. The minimum atomic E-state index is -1.14. The van der Waals surface area contributed by atoms with Crippen LogP contribution < -0.4 is 5.32 Å². The van der Waals surface area contributed by atoms with Crippen molar-refractivity contribution in [1.82, 2.24) is 5.32 Å². The van der Waals surface area contributed by atoms with Gasteiger partial charge >= 0.3 is 5.97 Å². The van der Waals surface area contributed by atoms with Crippen molar-refractivity contribution in [2.45, 2.75) is 26.5 Å². The molecule has 1 aromatic heterocycles. The van der Waals surface area contributed by atoms with Crippen LogP contribution in [0, 0.1) is 13.8 Å². The van der Waals surface area contributed by atoms with Crippen LogP contribution >= 0.6 is 0 Å². The first-order chi connectivity index (χ1) is 10.9. The first-order valence-corrected chi connectivity index (χ1v) is 7.11. The highest BCUT2D eigenvalue weighted by atomic mass is 16.5. The predicted octanol–water partition coefficient (Wildman–Crippen LogP) is 2.60. The summed E-state index contributed by atoms with van der Waals surface area (Å²) in [5, 5.41) is 12.0. The SMILES string of the molecule is COCc1ccc(C(=O)NC(C(=O)O)c2cccc(C)c2C)o1. The number of ether oxygens (including phenoxy) is 1. The van der Waals surface area contributed by atoms with Crippen LogP contribution in [0.4, 0.5) is 0 Å². The van der Waals surface area contributed by atoms with Crippen LogP contribution in [0.25, 0.3) is 0 Å². The molecule has 23 heavy (non-hydrogen) atoms. The number of amides is 1. The van der Waals surface area contributed by atoms with Gasteiger partial charge in [0.05, 0.1) is 0 Å². The molecule has 0 saturated carbocycles. The zero-order valence-corrected chi connectivity index (χ0v) is 13.3. The smallest absolute Gasteiger partial charge is 0.330 e. The van der Waals surface area contributed by atoms with Crippen molar-refractivity contribution in [3.63, 3.8) is 0 Å². The number of methoxy groups -OCH3 is 1. The maximum Gasteiger partial charge on any atom is 0.330 e. The molecule has 122 valence electrons. The molecule has 0 aliphatic rings. The number of rotatable bonds is 6. The molecule has 0 aliphatic heterocycles. The fraction of sp³-hybridized carbons (Fsp3) is 0.294. The molecule has 2 aromatic rings. The molecule has 1 unspecified atom stereocenters. The average molecular weight is 317 g/mol. The second kappa shape index (κ2) is 7.11. The second-order valence-electron chi connectivity index (χ2n) is 5.23. The molecule has 0 radical (unpaired) electrons. The van der Waals surface area contributed by atoms with E-state index in [0.29, 0.717) is 11.3 Å². The summed E-state index contributed by atoms with van der Waals surface area (Å²) in [5.41, 5.74) is 2.35. The van der Waals surface area contributed by atoms with E-state index in [1.54, 1.807) is 18.2 Å². The Balaban J connectivity index is 2.23. The highest BCUT2D eigenvalue weighted by molar-refractivity contribution is 5.94. The topological polar surface area (TPSA) is 88.8 Å². The van der Waals surface area contributed by atoms with Gasteiger partial charge in [-0.05, 0) is 42.7 Å². The van der Waals surface area contributed by atoms with Gasteiger partial charge in [-0.2, -0.15) is 0 Å². The predicted molar refractivity (Wildman–Crippen MR) is 83.2 cm³/mol. The molecule has 1 amide bonds. The third-order valence-corrected chi connectivity index (χ3v) is 3.65. The molecule has 2 N–H and O–H groups in total. The number of aryl methyl sites for hydroxylation is 1. The van der Waals surface area contributed by atoms with Crippen LogP contribution in [0.1, 0.15) is 39.0 Å². The first kappa shape index (κ1) is 16.8. The number of benzene rings is 1. The fourth-order valence-corrected chi connectivity index (χ4v) is 2.28. The molecule has 1 heterocycles. The van der Waals surface area contributed by atoms with Crippen molar-refractivity contribution in [2.24, 2.45) is 0 Å². The van der Waals surface area contributed by atoms with Gasteiger partial charge in [-0.1, -0.05) is 18.2 Å². The Morgan fingerprint density at radius 2 is 2.00 bits per heavy atom. The van der Waals surface area contributed by atoms with E-state index >= 15 is 0 Å². The molecular weight excluding hydrogens is 298 g/mol. The van der Waals surface area contributed by atoms with E-state index in [9.17, 15) is 14.7 Å². The molecule has 2 rings (SSSR count). The molecule has 1 aromatic carbocycles. The highest BCUT2D eigenvalue weighted by Gasteiger charge is 2.25. The summed E-state index contributed by atoms with van der Waals surface area (Å²) in [5.74, 6) is -1.17. The molecule has 6 heteroatoms. The Hall–Kier alpha value is -2.60. The fourth-order valence-electron chi connectivity index (χ4n) is 2.28. The van der Waals surface area contributed by atoms with Crippen molar-refractivity contribution in [1.29, 1.82) is 0 Å². The minimum absolute atomic E-state index is 0.0496. The lowest BCUT2D eigenvalue weighted by Crippen LogP contribution is -2.34. The Bertz CT molecular complexity index is 720. The van der Waals surface area contributed by atoms with Gasteiger partial charge in [0.15, 0.2) is 11.8 Å². The van der Waals surface area contributed by atoms with Crippen molar-refractivity contribution in [3.05, 3.63) is 58.5 Å². The quantitative estimate of drug-likeness (QED) is 0.855. The van der Waals surface area contributed by atoms with Crippen molar-refractivity contribution < 1.29 is 23.8 Å². The van der Waals surface area contributed by atoms with Gasteiger partial charge in [0.1, 0.15) is 12.4 Å². The van der Waals surface area contributed by atoms with Crippen LogP contribution in [-0.2, 0) is 16.1 Å².